The van der Waals surface area contributed by atoms with Crippen LogP contribution in [0.15, 0.2) is 0 Å². The van der Waals surface area contributed by atoms with Gasteiger partial charge in [-0.15, -0.1) is 0 Å². The van der Waals surface area contributed by atoms with Crippen LogP contribution in [0.2, 0.25) is 0 Å². The molecule has 0 aromatic heterocycles. The molecule has 12 rings (SSSR count). The lowest BCUT2D eigenvalue weighted by Crippen LogP contribution is -2.64. The summed E-state index contributed by atoms with van der Waals surface area (Å²) in [5.74, 6) is -3.96. The van der Waals surface area contributed by atoms with Gasteiger partial charge in [-0.1, -0.05) is 0 Å². The van der Waals surface area contributed by atoms with Gasteiger partial charge in [0.25, 0.3) is 0 Å². The second-order valence-corrected chi connectivity index (χ2v) is 21.6. The zero-order chi connectivity index (χ0) is 48.6. The first-order valence-corrected chi connectivity index (χ1v) is 22.8. The molecule has 10 saturated carbocycles. The van der Waals surface area contributed by atoms with E-state index in [-0.39, 0.29) is 52.3 Å². The average molecular weight is 949 g/mol. The van der Waals surface area contributed by atoms with Crippen molar-refractivity contribution in [2.75, 3.05) is 0 Å². The summed E-state index contributed by atoms with van der Waals surface area (Å²) in [5, 5.41) is 106. The standard InChI is InChI=1S/2C18H25N3O2.2C4H6O6.H2O/c2*19-8-13-2-12-3-14(12)21(13)16(22)15(20)17-4-10-1-11(5-17)7-18(23,6-10)9-17;2*5-1(3(7)8)2(6)4(9)10;/h2*10-15,23H,1-7,9,20H2;2*1-2,5-6H,(H,7,8)(H,9,10);1H2/t2*10?,11?,12-,13+,14+,15-,17?,18?;2*1-,2-;/m1111./s1. The topological polar surface area (TPSA) is 442 Å². The van der Waals surface area contributed by atoms with Crippen molar-refractivity contribution < 1.29 is 85.3 Å². The highest BCUT2D eigenvalue weighted by atomic mass is 16.4. The summed E-state index contributed by atoms with van der Waals surface area (Å²) in [7, 11) is 0. The number of nitrogens with zero attached hydrogens (tertiary/aromatic N) is 4. The van der Waals surface area contributed by atoms with Crippen LogP contribution in [0.3, 0.4) is 0 Å². The van der Waals surface area contributed by atoms with Crippen LogP contribution in [0, 0.1) is 69.0 Å². The minimum atomic E-state index is -2.27. The number of aliphatic hydroxyl groups excluding tert-OH is 4. The van der Waals surface area contributed by atoms with Crippen molar-refractivity contribution in [1.29, 1.82) is 10.5 Å². The first-order valence-electron chi connectivity index (χ1n) is 22.8. The van der Waals surface area contributed by atoms with E-state index in [0.29, 0.717) is 48.3 Å². The van der Waals surface area contributed by atoms with Crippen LogP contribution in [-0.2, 0) is 28.8 Å². The molecule has 10 aliphatic carbocycles. The van der Waals surface area contributed by atoms with Gasteiger partial charge in [-0.25, -0.2) is 19.2 Å². The number of fused-ring (bicyclic) bond motifs is 2. The molecule has 2 heterocycles. The Labute approximate surface area is 385 Å². The molecule has 12 aliphatic rings. The highest BCUT2D eigenvalue weighted by Crippen LogP contribution is 2.64. The van der Waals surface area contributed by atoms with Gasteiger partial charge < -0.3 is 77.8 Å². The molecule has 4 unspecified atom stereocenters. The normalized spacial score (nSPS) is 41.6. The van der Waals surface area contributed by atoms with E-state index in [1.807, 2.05) is 0 Å². The lowest BCUT2D eigenvalue weighted by Gasteiger charge is -2.61. The second kappa shape index (κ2) is 18.7. The molecule has 0 aromatic rings. The van der Waals surface area contributed by atoms with Crippen molar-refractivity contribution in [3.05, 3.63) is 0 Å². The summed E-state index contributed by atoms with van der Waals surface area (Å²) in [5.41, 5.74) is 11.4. The van der Waals surface area contributed by atoms with Gasteiger partial charge in [-0.2, -0.15) is 10.5 Å². The Morgan fingerprint density at radius 3 is 0.985 bits per heavy atom. The first kappa shape index (κ1) is 51.8. The van der Waals surface area contributed by atoms with Crippen molar-refractivity contribution in [3.8, 4) is 12.1 Å². The smallest absolute Gasteiger partial charge is 0.335 e. The third kappa shape index (κ3) is 9.99. The van der Waals surface area contributed by atoms with E-state index in [9.17, 15) is 49.5 Å². The zero-order valence-corrected chi connectivity index (χ0v) is 36.9. The highest BCUT2D eigenvalue weighted by molar-refractivity contribution is 5.86. The maximum absolute atomic E-state index is 13.1. The van der Waals surface area contributed by atoms with Crippen LogP contribution in [0.4, 0.5) is 0 Å². The number of carbonyl (C=O) groups excluding carboxylic acids is 2. The quantitative estimate of drug-likeness (QED) is 0.106. The predicted molar refractivity (Wildman–Crippen MR) is 224 cm³/mol. The molecular formula is C44H64N6O17. The minimum Gasteiger partial charge on any atom is -0.479 e. The van der Waals surface area contributed by atoms with Crippen LogP contribution in [0.5, 0.6) is 0 Å². The second-order valence-electron chi connectivity index (χ2n) is 21.6. The Balaban J connectivity index is 0.000000159. The highest BCUT2D eigenvalue weighted by Gasteiger charge is 2.64. The van der Waals surface area contributed by atoms with Gasteiger partial charge in [-0.3, -0.25) is 9.59 Å². The maximum atomic E-state index is 13.1. The molecule has 8 bridgehead atoms. The summed E-state index contributed by atoms with van der Waals surface area (Å²) in [6.07, 6.45) is 5.90. The van der Waals surface area contributed by atoms with E-state index in [1.54, 1.807) is 9.80 Å². The van der Waals surface area contributed by atoms with Gasteiger partial charge in [0.1, 0.15) is 12.1 Å². The van der Waals surface area contributed by atoms with E-state index >= 15 is 0 Å². The number of hydrogen-bond acceptors (Lipinski definition) is 16. The molecule has 16 atom stereocenters. The van der Waals surface area contributed by atoms with E-state index in [2.05, 4.69) is 12.1 Å². The molecule has 23 nitrogen and oxygen atoms in total. The number of amides is 2. The molecule has 372 valence electrons. The lowest BCUT2D eigenvalue weighted by atomic mass is 9.46. The molecule has 2 amide bonds. The number of piperidine rings is 2. The number of rotatable bonds is 10. The molecule has 2 saturated heterocycles. The van der Waals surface area contributed by atoms with E-state index < -0.39 is 71.6 Å². The number of aliphatic hydroxyl groups is 6. The van der Waals surface area contributed by atoms with E-state index in [1.165, 1.54) is 12.8 Å². The fourth-order valence-corrected chi connectivity index (χ4v) is 14.5. The number of carbonyl (C=O) groups is 6. The molecule has 67 heavy (non-hydrogen) atoms. The molecule has 0 radical (unpaired) electrons. The van der Waals surface area contributed by atoms with Crippen LogP contribution < -0.4 is 11.5 Å². The van der Waals surface area contributed by atoms with Crippen molar-refractivity contribution in [3.63, 3.8) is 0 Å². The molecular weight excluding hydrogens is 885 g/mol. The third-order valence-corrected chi connectivity index (χ3v) is 16.6. The third-order valence-electron chi connectivity index (χ3n) is 16.6. The number of carboxylic acids is 4. The van der Waals surface area contributed by atoms with Crippen LogP contribution in [-0.4, -0.2) is 174 Å². The van der Waals surface area contributed by atoms with Gasteiger partial charge in [0.05, 0.1) is 35.4 Å². The SMILES string of the molecule is N#C[C@@H]1C[C@@H]2C[C@@H]2N1C(=O)[C@@H](N)C12CC3CC(CC(O)(C3)C1)C2.N#C[C@@H]1C[C@@H]2C[C@@H]2N1C(=O)[C@@H](N)C12CC3CC(CC(O)(C3)C1)C2.O.O=C(O)[C@H](O)[C@@H](O)C(=O)O.O=C(O)[C@H](O)[C@@H](O)C(=O)O. The van der Waals surface area contributed by atoms with Crippen LogP contribution in [0.25, 0.3) is 0 Å². The van der Waals surface area contributed by atoms with Crippen molar-refractivity contribution in [2.24, 2.45) is 57.8 Å². The number of hydrogen-bond donors (Lipinski definition) is 12. The fourth-order valence-electron chi connectivity index (χ4n) is 14.5. The summed E-state index contributed by atoms with van der Waals surface area (Å²) >= 11 is 0. The largest absolute Gasteiger partial charge is 0.479 e. The van der Waals surface area contributed by atoms with Crippen LogP contribution in [0.1, 0.15) is 103 Å². The minimum absolute atomic E-state index is 0. The number of likely N-dealkylation sites (tertiary alicyclic amines) is 2. The van der Waals surface area contributed by atoms with Gasteiger partial charge in [0.15, 0.2) is 24.4 Å². The molecule has 23 heteroatoms. The summed E-state index contributed by atoms with van der Waals surface area (Å²) in [4.78, 5) is 69.0. The average Bonchev–Trinajstić information content (AvgIpc) is 4.12. The van der Waals surface area contributed by atoms with Gasteiger partial charge in [0.2, 0.25) is 11.8 Å². The Morgan fingerprint density at radius 1 is 0.493 bits per heavy atom. The molecule has 0 spiro atoms. The predicted octanol–water partition coefficient (Wildman–Crippen LogP) is -2.75. The van der Waals surface area contributed by atoms with Crippen molar-refractivity contribution in [1.82, 2.24) is 9.80 Å². The Morgan fingerprint density at radius 2 is 0.761 bits per heavy atom. The number of carboxylic acid groups (broad SMARTS) is 4. The fraction of sp³-hybridized carbons (Fsp3) is 0.818. The summed E-state index contributed by atoms with van der Waals surface area (Å²) < 4.78 is 0. The van der Waals surface area contributed by atoms with Gasteiger partial charge in [-0.05, 0) is 149 Å². The summed E-state index contributed by atoms with van der Waals surface area (Å²) in [6.45, 7) is 0. The van der Waals surface area contributed by atoms with Gasteiger partial charge >= 0.3 is 23.9 Å². The molecule has 12 fully saturated rings. The van der Waals surface area contributed by atoms with E-state index in [0.717, 1.165) is 77.0 Å². The molecule has 2 aliphatic heterocycles. The van der Waals surface area contributed by atoms with Gasteiger partial charge in [0, 0.05) is 12.1 Å². The Hall–Kier alpha value is -4.56. The Bertz CT molecular complexity index is 1850. The monoisotopic (exact) mass is 948 g/mol. The van der Waals surface area contributed by atoms with Crippen molar-refractivity contribution in [2.45, 2.75) is 175 Å². The number of nitrogens with two attached hydrogens (primary N) is 2. The maximum Gasteiger partial charge on any atom is 0.335 e. The number of aliphatic carboxylic acids is 4. The van der Waals surface area contributed by atoms with Crippen LogP contribution >= 0.6 is 0 Å². The first-order chi connectivity index (χ1) is 30.8. The molecule has 0 aromatic carbocycles. The Kier molecular flexibility index (Phi) is 14.5. The van der Waals surface area contributed by atoms with E-state index in [4.69, 9.17) is 52.3 Å². The zero-order valence-electron chi connectivity index (χ0n) is 36.9. The van der Waals surface area contributed by atoms with Crippen molar-refractivity contribution >= 4 is 35.7 Å². The number of nitriles is 2. The summed E-state index contributed by atoms with van der Waals surface area (Å²) in [6, 6.07) is 3.44. The molecule has 16 N–H and O–H groups in total. The lowest BCUT2D eigenvalue weighted by molar-refractivity contribution is -0.178.